The molecule has 0 amide bonds. The lowest BCUT2D eigenvalue weighted by Crippen LogP contribution is -2.42. The first-order valence-electron chi connectivity index (χ1n) is 9.80. The van der Waals surface area contributed by atoms with Crippen molar-refractivity contribution >= 4 is 23.1 Å². The number of esters is 1. The van der Waals surface area contributed by atoms with E-state index >= 15 is 0 Å². The van der Waals surface area contributed by atoms with E-state index in [1.54, 1.807) is 18.5 Å². The topological polar surface area (TPSA) is 89.9 Å². The molecule has 0 bridgehead atoms. The molecule has 0 atom stereocenters. The molecule has 156 valence electrons. The summed E-state index contributed by atoms with van der Waals surface area (Å²) < 4.78 is 18.9. The van der Waals surface area contributed by atoms with Gasteiger partial charge in [0.05, 0.1) is 19.2 Å². The maximum absolute atomic E-state index is 14.2. The highest BCUT2D eigenvalue weighted by molar-refractivity contribution is 7.15. The Kier molecular flexibility index (Phi) is 5.98. The van der Waals surface area contributed by atoms with Gasteiger partial charge in [0.1, 0.15) is 22.3 Å². The fourth-order valence-corrected chi connectivity index (χ4v) is 4.42. The number of anilines is 1. The molecule has 7 nitrogen and oxygen atoms in total. The molecule has 1 aliphatic rings. The number of aromatic nitrogens is 4. The summed E-state index contributed by atoms with van der Waals surface area (Å²) in [5.74, 6) is 0.131. The van der Waals surface area contributed by atoms with E-state index in [2.05, 4.69) is 30.2 Å². The van der Waals surface area contributed by atoms with Gasteiger partial charge in [-0.1, -0.05) is 6.42 Å². The molecule has 1 fully saturated rings. The Balaban J connectivity index is 1.39. The number of carbonyl (C=O) groups is 1. The first-order chi connectivity index (χ1) is 14.6. The first kappa shape index (κ1) is 20.3. The molecular weight excluding hydrogens is 405 g/mol. The third-order valence-electron chi connectivity index (χ3n) is 5.42. The third kappa shape index (κ3) is 4.30. The number of aryl methyl sites for hydroxylation is 1. The minimum Gasteiger partial charge on any atom is -0.469 e. The summed E-state index contributed by atoms with van der Waals surface area (Å²) in [4.78, 5) is 20.9. The average Bonchev–Trinajstić information content (AvgIpc) is 3.22. The molecule has 0 spiro atoms. The van der Waals surface area contributed by atoms with Crippen LogP contribution >= 0.6 is 11.3 Å². The molecule has 0 aliphatic heterocycles. The second kappa shape index (κ2) is 8.83. The van der Waals surface area contributed by atoms with Crippen LogP contribution in [0.25, 0.3) is 10.7 Å². The van der Waals surface area contributed by atoms with Gasteiger partial charge in [-0.2, -0.15) is 0 Å². The van der Waals surface area contributed by atoms with Gasteiger partial charge in [0.15, 0.2) is 0 Å². The maximum Gasteiger partial charge on any atom is 0.305 e. The first-order valence-corrected chi connectivity index (χ1v) is 10.6. The smallest absolute Gasteiger partial charge is 0.305 e. The normalized spacial score (nSPS) is 14.7. The van der Waals surface area contributed by atoms with Crippen molar-refractivity contribution in [1.29, 1.82) is 0 Å². The van der Waals surface area contributed by atoms with E-state index in [0.29, 0.717) is 36.6 Å². The number of rotatable bonds is 8. The second-order valence-corrected chi connectivity index (χ2v) is 8.45. The molecule has 9 heteroatoms. The van der Waals surface area contributed by atoms with Crippen molar-refractivity contribution in [2.45, 2.75) is 37.5 Å². The molecule has 3 aromatic heterocycles. The fraction of sp³-hybridized carbons (Fsp3) is 0.381. The Morgan fingerprint density at radius 3 is 2.80 bits per heavy atom. The van der Waals surface area contributed by atoms with E-state index in [1.165, 1.54) is 24.5 Å². The van der Waals surface area contributed by atoms with E-state index in [9.17, 15) is 9.18 Å². The molecule has 30 heavy (non-hydrogen) atoms. The van der Waals surface area contributed by atoms with E-state index in [4.69, 9.17) is 0 Å². The zero-order chi connectivity index (χ0) is 21.0. The van der Waals surface area contributed by atoms with Crippen LogP contribution in [0.3, 0.4) is 0 Å². The van der Waals surface area contributed by atoms with Gasteiger partial charge in [-0.15, -0.1) is 21.5 Å². The number of carbonyl (C=O) groups excluding carboxylic acids is 1. The lowest BCUT2D eigenvalue weighted by atomic mass is 9.66. The maximum atomic E-state index is 14.2. The number of pyridine rings is 1. The minimum atomic E-state index is -0.296. The summed E-state index contributed by atoms with van der Waals surface area (Å²) in [5.41, 5.74) is 0.898. The van der Waals surface area contributed by atoms with Crippen LogP contribution in [0.5, 0.6) is 0 Å². The van der Waals surface area contributed by atoms with Crippen molar-refractivity contribution in [2.75, 3.05) is 19.0 Å². The SMILES string of the molecule is COC(=O)CCc1cnc(-c2ccc(NCC3(c4ncccc4F)CCC3)nn2)s1. The highest BCUT2D eigenvalue weighted by Crippen LogP contribution is 2.43. The molecule has 0 saturated heterocycles. The molecule has 0 radical (unpaired) electrons. The number of nitrogens with zero attached hydrogens (tertiary/aromatic N) is 4. The predicted octanol–water partition coefficient (Wildman–Crippen LogP) is 3.77. The van der Waals surface area contributed by atoms with E-state index in [0.717, 1.165) is 29.1 Å². The molecule has 1 saturated carbocycles. The lowest BCUT2D eigenvalue weighted by Gasteiger charge is -2.41. The van der Waals surface area contributed by atoms with Gasteiger partial charge in [-0.25, -0.2) is 9.37 Å². The van der Waals surface area contributed by atoms with Crippen LogP contribution in [-0.2, 0) is 21.4 Å². The molecule has 1 N–H and O–H groups in total. The van der Waals surface area contributed by atoms with Crippen molar-refractivity contribution in [1.82, 2.24) is 20.2 Å². The van der Waals surface area contributed by atoms with Crippen LogP contribution in [0, 0.1) is 5.82 Å². The number of methoxy groups -OCH3 is 1. The van der Waals surface area contributed by atoms with Crippen LogP contribution in [0.4, 0.5) is 10.2 Å². The van der Waals surface area contributed by atoms with Gasteiger partial charge in [0, 0.05) is 29.2 Å². The number of hydrogen-bond donors (Lipinski definition) is 1. The van der Waals surface area contributed by atoms with Crippen LogP contribution in [0.2, 0.25) is 0 Å². The Morgan fingerprint density at radius 2 is 2.13 bits per heavy atom. The lowest BCUT2D eigenvalue weighted by molar-refractivity contribution is -0.140. The molecule has 0 unspecified atom stereocenters. The standard InChI is InChI=1S/C21H22FN5O2S/c1-29-18(28)8-5-14-12-24-20(30-14)16-6-7-17(27-26-16)25-13-21(9-3-10-21)19-15(22)4-2-11-23-19/h2,4,6-7,11-12H,3,5,8-10,13H2,1H3,(H,25,27). The van der Waals surface area contributed by atoms with Crippen molar-refractivity contribution in [2.24, 2.45) is 0 Å². The fourth-order valence-electron chi connectivity index (χ4n) is 3.55. The minimum absolute atomic E-state index is 0.241. The molecule has 3 heterocycles. The third-order valence-corrected chi connectivity index (χ3v) is 6.50. The second-order valence-electron chi connectivity index (χ2n) is 7.33. The highest BCUT2D eigenvalue weighted by Gasteiger charge is 2.41. The van der Waals surface area contributed by atoms with E-state index in [-0.39, 0.29) is 17.2 Å². The van der Waals surface area contributed by atoms with E-state index in [1.807, 2.05) is 12.1 Å². The number of halogens is 1. The van der Waals surface area contributed by atoms with Crippen molar-refractivity contribution in [3.05, 3.63) is 53.0 Å². The molecular formula is C21H22FN5O2S. The van der Waals surface area contributed by atoms with E-state index < -0.39 is 0 Å². The molecule has 4 rings (SSSR count). The quantitative estimate of drug-likeness (QED) is 0.547. The number of hydrogen-bond acceptors (Lipinski definition) is 8. The summed E-state index contributed by atoms with van der Waals surface area (Å²) in [6, 6.07) is 6.78. The van der Waals surface area contributed by atoms with Crippen LogP contribution in [0.1, 0.15) is 36.3 Å². The summed E-state index contributed by atoms with van der Waals surface area (Å²) in [7, 11) is 1.38. The summed E-state index contributed by atoms with van der Waals surface area (Å²) in [6.45, 7) is 0.559. The monoisotopic (exact) mass is 427 g/mol. The number of ether oxygens (including phenoxy) is 1. The molecule has 3 aromatic rings. The Labute approximate surface area is 177 Å². The van der Waals surface area contributed by atoms with Gasteiger partial charge in [0.25, 0.3) is 0 Å². The highest BCUT2D eigenvalue weighted by atomic mass is 32.1. The van der Waals surface area contributed by atoms with Crippen molar-refractivity contribution in [3.63, 3.8) is 0 Å². The molecule has 0 aromatic carbocycles. The van der Waals surface area contributed by atoms with Crippen LogP contribution in [-0.4, -0.2) is 39.8 Å². The zero-order valence-electron chi connectivity index (χ0n) is 16.6. The Bertz CT molecular complexity index is 1020. The zero-order valence-corrected chi connectivity index (χ0v) is 17.4. The predicted molar refractivity (Wildman–Crippen MR) is 112 cm³/mol. The number of nitrogens with one attached hydrogen (secondary N) is 1. The summed E-state index contributed by atoms with van der Waals surface area (Å²) >= 11 is 1.48. The number of thiazole rings is 1. The average molecular weight is 428 g/mol. The van der Waals surface area contributed by atoms with Gasteiger partial charge in [0.2, 0.25) is 0 Å². The van der Waals surface area contributed by atoms with Crippen molar-refractivity contribution < 1.29 is 13.9 Å². The Hall–Kier alpha value is -2.94. The van der Waals surface area contributed by atoms with Crippen molar-refractivity contribution in [3.8, 4) is 10.7 Å². The van der Waals surface area contributed by atoms with Gasteiger partial charge < -0.3 is 10.1 Å². The van der Waals surface area contributed by atoms with Crippen LogP contribution < -0.4 is 5.32 Å². The largest absolute Gasteiger partial charge is 0.469 e. The van der Waals surface area contributed by atoms with Gasteiger partial charge in [-0.05, 0) is 43.5 Å². The Morgan fingerprint density at radius 1 is 1.27 bits per heavy atom. The van der Waals surface area contributed by atoms with Crippen LogP contribution in [0.15, 0.2) is 36.7 Å². The summed E-state index contributed by atoms with van der Waals surface area (Å²) in [5, 5.41) is 12.5. The summed E-state index contributed by atoms with van der Waals surface area (Å²) in [6.07, 6.45) is 7.15. The molecule has 1 aliphatic carbocycles. The van der Waals surface area contributed by atoms with Gasteiger partial charge in [-0.3, -0.25) is 9.78 Å². The van der Waals surface area contributed by atoms with Gasteiger partial charge >= 0.3 is 5.97 Å².